The number of likely N-dealkylation sites (N-methyl/N-ethyl adjacent to an activating group) is 1. The van der Waals surface area contributed by atoms with E-state index in [1.165, 1.54) is 11.8 Å². The van der Waals surface area contributed by atoms with E-state index in [0.717, 1.165) is 25.5 Å². The van der Waals surface area contributed by atoms with Gasteiger partial charge in [-0.15, -0.1) is 0 Å². The second kappa shape index (κ2) is 7.18. The van der Waals surface area contributed by atoms with E-state index in [-0.39, 0.29) is 4.90 Å². The van der Waals surface area contributed by atoms with Gasteiger partial charge < -0.3 is 9.80 Å². The molecule has 0 N–H and O–H groups in total. The molecule has 0 atom stereocenters. The maximum Gasteiger partial charge on any atom is 0.244 e. The number of hydrogen-bond donors (Lipinski definition) is 0. The highest BCUT2D eigenvalue weighted by Crippen LogP contribution is 2.20. The summed E-state index contributed by atoms with van der Waals surface area (Å²) in [6.07, 6.45) is 1.47. The Morgan fingerprint density at radius 3 is 2.54 bits per heavy atom. The summed E-state index contributed by atoms with van der Waals surface area (Å²) in [7, 11) is 0.506. The maximum absolute atomic E-state index is 12.7. The second-order valence-electron chi connectivity index (χ2n) is 6.05. The van der Waals surface area contributed by atoms with Crippen molar-refractivity contribution in [1.82, 2.24) is 14.2 Å². The van der Waals surface area contributed by atoms with Crippen LogP contribution in [0.25, 0.3) is 0 Å². The molecule has 0 amide bonds. The van der Waals surface area contributed by atoms with E-state index in [9.17, 15) is 8.42 Å². The molecule has 6 nitrogen and oxygen atoms in total. The SMILES string of the molecule is CN1CCN(S(=O)(=O)c2ccc(N(C)Cc3ccsc3)nc2)CC1. The molecule has 24 heavy (non-hydrogen) atoms. The Balaban J connectivity index is 1.71. The number of sulfonamides is 1. The number of anilines is 1. The molecule has 8 heteroatoms. The highest BCUT2D eigenvalue weighted by molar-refractivity contribution is 7.89. The van der Waals surface area contributed by atoms with Crippen molar-refractivity contribution in [3.63, 3.8) is 0 Å². The quantitative estimate of drug-likeness (QED) is 0.806. The standard InChI is InChI=1S/C16H22N4O2S2/c1-18-6-8-20(9-7-18)24(21,22)15-3-4-16(17-11-15)19(2)12-14-5-10-23-13-14/h3-5,10-11,13H,6-9,12H2,1-2H3. The van der Waals surface area contributed by atoms with Crippen molar-refractivity contribution in [2.75, 3.05) is 45.2 Å². The molecular formula is C16H22N4O2S2. The van der Waals surface area contributed by atoms with Crippen molar-refractivity contribution in [3.8, 4) is 0 Å². The van der Waals surface area contributed by atoms with Gasteiger partial charge in [0.1, 0.15) is 10.7 Å². The molecule has 1 aliphatic heterocycles. The Kier molecular flexibility index (Phi) is 5.19. The van der Waals surface area contributed by atoms with Crippen LogP contribution >= 0.6 is 11.3 Å². The number of piperazine rings is 1. The molecule has 130 valence electrons. The molecule has 0 aromatic carbocycles. The second-order valence-corrected chi connectivity index (χ2v) is 8.77. The molecule has 0 radical (unpaired) electrons. The van der Waals surface area contributed by atoms with Crippen LogP contribution < -0.4 is 4.90 Å². The molecule has 2 aromatic rings. The van der Waals surface area contributed by atoms with Crippen LogP contribution in [0.1, 0.15) is 5.56 Å². The Morgan fingerprint density at radius 2 is 1.96 bits per heavy atom. The third-order valence-electron chi connectivity index (χ3n) is 4.21. The Hall–Kier alpha value is -1.48. The highest BCUT2D eigenvalue weighted by Gasteiger charge is 2.27. The lowest BCUT2D eigenvalue weighted by Crippen LogP contribution is -2.47. The molecular weight excluding hydrogens is 344 g/mol. The van der Waals surface area contributed by atoms with Crippen LogP contribution in [0.2, 0.25) is 0 Å². The summed E-state index contributed by atoms with van der Waals surface area (Å²) in [6, 6.07) is 5.50. The summed E-state index contributed by atoms with van der Waals surface area (Å²) in [5, 5.41) is 4.14. The van der Waals surface area contributed by atoms with E-state index < -0.39 is 10.0 Å². The van der Waals surface area contributed by atoms with Crippen molar-refractivity contribution in [3.05, 3.63) is 40.7 Å². The normalized spacial score (nSPS) is 17.1. The van der Waals surface area contributed by atoms with Gasteiger partial charge in [0.25, 0.3) is 0 Å². The first-order valence-electron chi connectivity index (χ1n) is 7.84. The van der Waals surface area contributed by atoms with Crippen molar-refractivity contribution < 1.29 is 8.42 Å². The lowest BCUT2D eigenvalue weighted by molar-refractivity contribution is 0.222. The van der Waals surface area contributed by atoms with Gasteiger partial charge in [-0.25, -0.2) is 13.4 Å². The number of aromatic nitrogens is 1. The molecule has 1 saturated heterocycles. The smallest absolute Gasteiger partial charge is 0.244 e. The molecule has 2 aromatic heterocycles. The Bertz CT molecular complexity index is 752. The first-order chi connectivity index (χ1) is 11.5. The summed E-state index contributed by atoms with van der Waals surface area (Å²) in [5.74, 6) is 0.763. The molecule has 1 aliphatic rings. The predicted octanol–water partition coefficient (Wildman–Crippen LogP) is 1.72. The van der Waals surface area contributed by atoms with E-state index in [0.29, 0.717) is 13.1 Å². The van der Waals surface area contributed by atoms with Gasteiger partial charge in [-0.2, -0.15) is 15.6 Å². The van der Waals surface area contributed by atoms with E-state index >= 15 is 0 Å². The van der Waals surface area contributed by atoms with Crippen LogP contribution in [0.5, 0.6) is 0 Å². The van der Waals surface area contributed by atoms with Crippen molar-refractivity contribution in [2.24, 2.45) is 0 Å². The summed E-state index contributed by atoms with van der Waals surface area (Å²) in [6.45, 7) is 3.32. The zero-order valence-electron chi connectivity index (χ0n) is 13.9. The van der Waals surface area contributed by atoms with Crippen molar-refractivity contribution >= 4 is 27.2 Å². The molecule has 0 bridgehead atoms. The van der Waals surface area contributed by atoms with E-state index in [1.54, 1.807) is 27.8 Å². The maximum atomic E-state index is 12.7. The minimum absolute atomic E-state index is 0.264. The van der Waals surface area contributed by atoms with Gasteiger partial charge in [0.05, 0.1) is 0 Å². The van der Waals surface area contributed by atoms with Gasteiger partial charge in [0, 0.05) is 46.0 Å². The lowest BCUT2D eigenvalue weighted by atomic mass is 10.3. The zero-order chi connectivity index (χ0) is 17.2. The van der Waals surface area contributed by atoms with Crippen LogP contribution in [0.4, 0.5) is 5.82 Å². The van der Waals surface area contributed by atoms with Crippen LogP contribution in [-0.4, -0.2) is 62.9 Å². The van der Waals surface area contributed by atoms with E-state index in [2.05, 4.69) is 21.3 Å². The molecule has 0 aliphatic carbocycles. The largest absolute Gasteiger partial charge is 0.355 e. The molecule has 0 saturated carbocycles. The summed E-state index contributed by atoms with van der Waals surface area (Å²) in [4.78, 5) is 8.75. The Labute approximate surface area is 147 Å². The average molecular weight is 367 g/mol. The van der Waals surface area contributed by atoms with Gasteiger partial charge in [0.15, 0.2) is 0 Å². The first-order valence-corrected chi connectivity index (χ1v) is 10.2. The van der Waals surface area contributed by atoms with Gasteiger partial charge in [0.2, 0.25) is 10.0 Å². The lowest BCUT2D eigenvalue weighted by Gasteiger charge is -2.31. The summed E-state index contributed by atoms with van der Waals surface area (Å²) >= 11 is 1.66. The van der Waals surface area contributed by atoms with Gasteiger partial charge in [-0.05, 0) is 41.6 Å². The molecule has 3 rings (SSSR count). The number of pyridine rings is 1. The zero-order valence-corrected chi connectivity index (χ0v) is 15.6. The minimum Gasteiger partial charge on any atom is -0.355 e. The highest BCUT2D eigenvalue weighted by atomic mass is 32.2. The molecule has 0 unspecified atom stereocenters. The molecule has 3 heterocycles. The van der Waals surface area contributed by atoms with E-state index in [4.69, 9.17) is 0 Å². The number of nitrogens with zero attached hydrogens (tertiary/aromatic N) is 4. The molecule has 0 spiro atoms. The fourth-order valence-corrected chi connectivity index (χ4v) is 4.69. The van der Waals surface area contributed by atoms with Crippen LogP contribution in [-0.2, 0) is 16.6 Å². The summed E-state index contributed by atoms with van der Waals surface area (Å²) in [5.41, 5.74) is 1.22. The third kappa shape index (κ3) is 3.77. The van der Waals surface area contributed by atoms with Crippen molar-refractivity contribution in [2.45, 2.75) is 11.4 Å². The van der Waals surface area contributed by atoms with Crippen LogP contribution in [0.3, 0.4) is 0 Å². The predicted molar refractivity (Wildman–Crippen MR) is 96.9 cm³/mol. The molecule has 1 fully saturated rings. The minimum atomic E-state index is -3.45. The fraction of sp³-hybridized carbons (Fsp3) is 0.438. The van der Waals surface area contributed by atoms with Gasteiger partial charge in [-0.3, -0.25) is 0 Å². The number of thiophene rings is 1. The average Bonchev–Trinajstić information content (AvgIpc) is 3.08. The van der Waals surface area contributed by atoms with Gasteiger partial charge in [-0.1, -0.05) is 0 Å². The monoisotopic (exact) mass is 366 g/mol. The van der Waals surface area contributed by atoms with Crippen LogP contribution in [0.15, 0.2) is 40.1 Å². The number of rotatable bonds is 5. The topological polar surface area (TPSA) is 56.8 Å². The van der Waals surface area contributed by atoms with Crippen LogP contribution in [0, 0.1) is 0 Å². The first kappa shape index (κ1) is 17.3. The van der Waals surface area contributed by atoms with Gasteiger partial charge >= 0.3 is 0 Å². The van der Waals surface area contributed by atoms with Crippen molar-refractivity contribution in [1.29, 1.82) is 0 Å². The fourth-order valence-electron chi connectivity index (χ4n) is 2.67. The number of hydrogen-bond acceptors (Lipinski definition) is 6. The van der Waals surface area contributed by atoms with E-state index in [1.807, 2.05) is 24.4 Å². The Morgan fingerprint density at radius 1 is 1.21 bits per heavy atom. The summed E-state index contributed by atoms with van der Waals surface area (Å²) < 4.78 is 26.9. The third-order valence-corrected chi connectivity index (χ3v) is 6.83.